The number of urea groups is 1. The maximum Gasteiger partial charge on any atom is 0.320 e. The minimum atomic E-state index is -0.0345. The van der Waals surface area contributed by atoms with Gasteiger partial charge in [-0.3, -0.25) is 0 Å². The summed E-state index contributed by atoms with van der Waals surface area (Å²) < 4.78 is 0. The van der Waals surface area contributed by atoms with Gasteiger partial charge >= 0.3 is 6.03 Å². The van der Waals surface area contributed by atoms with Crippen LogP contribution in [-0.4, -0.2) is 29.9 Å². The van der Waals surface area contributed by atoms with E-state index in [1.807, 2.05) is 31.9 Å². The van der Waals surface area contributed by atoms with Crippen LogP contribution in [0, 0.1) is 0 Å². The molecule has 0 radical (unpaired) electrons. The Balaban J connectivity index is 0.00000117. The highest BCUT2D eigenvalue weighted by Crippen LogP contribution is 2.35. The van der Waals surface area contributed by atoms with E-state index in [9.17, 15) is 4.79 Å². The first-order valence-corrected chi connectivity index (χ1v) is 9.73. The standard InChI is InChI=1S/C19H20Cl2N2O.C2H6/c1-22(12-15-16(20)8-5-9-17(15)21)19(24)23(2)18-11-10-13-6-3-4-7-14(13)18;1-2/h3-9,18H,10-12H2,1-2H3;1-2H3. The molecule has 1 aliphatic rings. The molecule has 0 saturated heterocycles. The Morgan fingerprint density at radius 3 is 2.31 bits per heavy atom. The van der Waals surface area contributed by atoms with E-state index in [0.29, 0.717) is 16.6 Å². The number of carbonyl (C=O) groups is 1. The van der Waals surface area contributed by atoms with Crippen molar-refractivity contribution in [3.05, 3.63) is 69.2 Å². The monoisotopic (exact) mass is 392 g/mol. The zero-order valence-electron chi connectivity index (χ0n) is 15.8. The lowest BCUT2D eigenvalue weighted by Crippen LogP contribution is -2.40. The largest absolute Gasteiger partial charge is 0.323 e. The SMILES string of the molecule is CC.CN(Cc1c(Cl)cccc1Cl)C(=O)N(C)C1CCc2ccccc21. The molecule has 0 bridgehead atoms. The summed E-state index contributed by atoms with van der Waals surface area (Å²) in [7, 11) is 3.64. The fraction of sp³-hybridized carbons (Fsp3) is 0.381. The Bertz CT molecular complexity index is 743. The van der Waals surface area contributed by atoms with Crippen molar-refractivity contribution in [1.82, 2.24) is 9.80 Å². The second kappa shape index (κ2) is 9.29. The number of hydrogen-bond acceptors (Lipinski definition) is 1. The van der Waals surface area contributed by atoms with Gasteiger partial charge in [-0.25, -0.2) is 4.79 Å². The molecule has 0 aliphatic heterocycles. The van der Waals surface area contributed by atoms with Crippen molar-refractivity contribution in [3.63, 3.8) is 0 Å². The van der Waals surface area contributed by atoms with Crippen LogP contribution in [0.4, 0.5) is 4.79 Å². The molecule has 3 nitrogen and oxygen atoms in total. The van der Waals surface area contributed by atoms with Gasteiger partial charge in [0, 0.05) is 29.7 Å². The molecule has 26 heavy (non-hydrogen) atoms. The van der Waals surface area contributed by atoms with Crippen LogP contribution in [0.2, 0.25) is 10.0 Å². The van der Waals surface area contributed by atoms with E-state index in [1.165, 1.54) is 11.1 Å². The van der Waals surface area contributed by atoms with E-state index < -0.39 is 0 Å². The Labute approximate surface area is 166 Å². The molecule has 2 aromatic carbocycles. The van der Waals surface area contributed by atoms with Crippen LogP contribution >= 0.6 is 23.2 Å². The van der Waals surface area contributed by atoms with Crippen LogP contribution in [0.3, 0.4) is 0 Å². The number of hydrogen-bond donors (Lipinski definition) is 0. The number of nitrogens with zero attached hydrogens (tertiary/aromatic N) is 2. The number of fused-ring (bicyclic) bond motifs is 1. The van der Waals surface area contributed by atoms with Gasteiger partial charge in [-0.15, -0.1) is 0 Å². The van der Waals surface area contributed by atoms with Crippen molar-refractivity contribution < 1.29 is 4.79 Å². The molecular formula is C21H26Cl2N2O. The van der Waals surface area contributed by atoms with Crippen LogP contribution in [0.15, 0.2) is 42.5 Å². The summed E-state index contributed by atoms with van der Waals surface area (Å²) in [5.41, 5.74) is 3.35. The van der Waals surface area contributed by atoms with E-state index in [-0.39, 0.29) is 12.1 Å². The first-order valence-electron chi connectivity index (χ1n) is 8.97. The van der Waals surface area contributed by atoms with E-state index >= 15 is 0 Å². The highest BCUT2D eigenvalue weighted by molar-refractivity contribution is 6.36. The highest BCUT2D eigenvalue weighted by atomic mass is 35.5. The lowest BCUT2D eigenvalue weighted by atomic mass is 10.1. The maximum absolute atomic E-state index is 12.8. The zero-order valence-corrected chi connectivity index (χ0v) is 17.3. The molecule has 2 aromatic rings. The Hall–Kier alpha value is -1.71. The maximum atomic E-state index is 12.8. The van der Waals surface area contributed by atoms with Crippen molar-refractivity contribution >= 4 is 29.2 Å². The van der Waals surface area contributed by atoms with Gasteiger partial charge in [-0.2, -0.15) is 0 Å². The summed E-state index contributed by atoms with van der Waals surface area (Å²) in [5.74, 6) is 0. The second-order valence-corrected chi connectivity index (χ2v) is 7.02. The van der Waals surface area contributed by atoms with Crippen molar-refractivity contribution in [3.8, 4) is 0 Å². The molecule has 5 heteroatoms. The minimum absolute atomic E-state index is 0.0345. The third-order valence-electron chi connectivity index (χ3n) is 4.65. The lowest BCUT2D eigenvalue weighted by Gasteiger charge is -2.30. The molecule has 1 atom stereocenters. The number of carbonyl (C=O) groups excluding carboxylic acids is 1. The predicted molar refractivity (Wildman–Crippen MR) is 110 cm³/mol. The van der Waals surface area contributed by atoms with Gasteiger partial charge in [-0.05, 0) is 36.1 Å². The number of aryl methyl sites for hydroxylation is 1. The van der Waals surface area contributed by atoms with Crippen molar-refractivity contribution in [2.24, 2.45) is 0 Å². The normalized spacial score (nSPS) is 14.9. The fourth-order valence-corrected chi connectivity index (χ4v) is 3.84. The Morgan fingerprint density at radius 1 is 1.04 bits per heavy atom. The van der Waals surface area contributed by atoms with E-state index in [2.05, 4.69) is 18.2 Å². The average molecular weight is 393 g/mol. The first-order chi connectivity index (χ1) is 12.5. The molecule has 0 saturated carbocycles. The van der Waals surface area contributed by atoms with Crippen molar-refractivity contribution in [2.45, 2.75) is 39.3 Å². The third kappa shape index (κ3) is 4.33. The van der Waals surface area contributed by atoms with E-state index in [0.717, 1.165) is 18.4 Å². The van der Waals surface area contributed by atoms with Crippen molar-refractivity contribution in [1.29, 1.82) is 0 Å². The number of benzene rings is 2. The lowest BCUT2D eigenvalue weighted by molar-refractivity contribution is 0.154. The van der Waals surface area contributed by atoms with Gasteiger partial charge in [0.1, 0.15) is 0 Å². The molecule has 0 fully saturated rings. The number of rotatable bonds is 3. The van der Waals surface area contributed by atoms with Crippen LogP contribution in [0.25, 0.3) is 0 Å². The van der Waals surface area contributed by atoms with Crippen LogP contribution in [-0.2, 0) is 13.0 Å². The average Bonchev–Trinajstić information content (AvgIpc) is 3.09. The quantitative estimate of drug-likeness (QED) is 0.610. The molecule has 140 valence electrons. The summed E-state index contributed by atoms with van der Waals surface area (Å²) in [6.45, 7) is 4.38. The van der Waals surface area contributed by atoms with Gasteiger partial charge in [-0.1, -0.05) is 67.4 Å². The van der Waals surface area contributed by atoms with Crippen LogP contribution in [0.1, 0.15) is 43.0 Å². The summed E-state index contributed by atoms with van der Waals surface area (Å²) in [6, 6.07) is 13.8. The molecule has 1 aliphatic carbocycles. The molecule has 0 heterocycles. The Kier molecular flexibility index (Phi) is 7.36. The summed E-state index contributed by atoms with van der Waals surface area (Å²) in [6.07, 6.45) is 1.97. The summed E-state index contributed by atoms with van der Waals surface area (Å²) in [5, 5.41) is 1.16. The van der Waals surface area contributed by atoms with Crippen molar-refractivity contribution in [2.75, 3.05) is 14.1 Å². The highest BCUT2D eigenvalue weighted by Gasteiger charge is 2.30. The molecule has 0 N–H and O–H groups in total. The first kappa shape index (κ1) is 20.6. The van der Waals surface area contributed by atoms with Crippen LogP contribution in [0.5, 0.6) is 0 Å². The molecule has 3 rings (SSSR count). The molecule has 1 unspecified atom stereocenters. The van der Waals surface area contributed by atoms with Gasteiger partial charge in [0.25, 0.3) is 0 Å². The zero-order chi connectivity index (χ0) is 19.3. The molecular weight excluding hydrogens is 367 g/mol. The van der Waals surface area contributed by atoms with Gasteiger partial charge < -0.3 is 9.80 Å². The smallest absolute Gasteiger partial charge is 0.320 e. The van der Waals surface area contributed by atoms with Gasteiger partial charge in [0.15, 0.2) is 0 Å². The molecule has 0 aromatic heterocycles. The molecule has 0 spiro atoms. The predicted octanol–water partition coefficient (Wildman–Crippen LogP) is 6.19. The molecule has 2 amide bonds. The van der Waals surface area contributed by atoms with E-state index in [4.69, 9.17) is 23.2 Å². The number of amides is 2. The summed E-state index contributed by atoms with van der Waals surface area (Å²) >= 11 is 12.4. The van der Waals surface area contributed by atoms with E-state index in [1.54, 1.807) is 30.1 Å². The Morgan fingerprint density at radius 2 is 1.65 bits per heavy atom. The second-order valence-electron chi connectivity index (χ2n) is 6.20. The number of halogens is 2. The van der Waals surface area contributed by atoms with Gasteiger partial charge in [0.05, 0.1) is 12.6 Å². The van der Waals surface area contributed by atoms with Crippen LogP contribution < -0.4 is 0 Å². The topological polar surface area (TPSA) is 23.6 Å². The minimum Gasteiger partial charge on any atom is -0.323 e. The fourth-order valence-electron chi connectivity index (χ4n) is 3.33. The van der Waals surface area contributed by atoms with Gasteiger partial charge in [0.2, 0.25) is 0 Å². The third-order valence-corrected chi connectivity index (χ3v) is 5.36. The summed E-state index contributed by atoms with van der Waals surface area (Å²) in [4.78, 5) is 16.3.